The molecule has 8 heteroatoms. The van der Waals surface area contributed by atoms with Crippen molar-refractivity contribution in [2.45, 2.75) is 44.7 Å². The van der Waals surface area contributed by atoms with E-state index in [0.717, 1.165) is 63.4 Å². The first-order valence-corrected chi connectivity index (χ1v) is 17.0. The molecule has 1 N–H and O–H groups in total. The van der Waals surface area contributed by atoms with E-state index >= 15 is 0 Å². The molecule has 1 aliphatic carbocycles. The van der Waals surface area contributed by atoms with Crippen LogP contribution in [0.3, 0.4) is 0 Å². The van der Waals surface area contributed by atoms with Gasteiger partial charge in [0.25, 0.3) is 11.5 Å². The minimum Gasteiger partial charge on any atom is -0.345 e. The number of piperazine rings is 1. The molecule has 240 valence electrons. The lowest BCUT2D eigenvalue weighted by molar-refractivity contribution is 0.0924. The van der Waals surface area contributed by atoms with Gasteiger partial charge in [0.05, 0.1) is 17.3 Å². The summed E-state index contributed by atoms with van der Waals surface area (Å²) in [6, 6.07) is 23.3. The Morgan fingerprint density at radius 3 is 2.11 bits per heavy atom. The molecule has 2 saturated heterocycles. The Morgan fingerprint density at radius 2 is 1.41 bits per heavy atom. The molecule has 3 aliphatic rings. The highest BCUT2D eigenvalue weighted by atomic mass is 19.1. The van der Waals surface area contributed by atoms with Crippen molar-refractivity contribution in [3.8, 4) is 5.69 Å². The van der Waals surface area contributed by atoms with Crippen molar-refractivity contribution in [3.05, 3.63) is 112 Å². The van der Waals surface area contributed by atoms with E-state index in [9.17, 15) is 14.0 Å². The average Bonchev–Trinajstić information content (AvgIpc) is 3.94. The largest absolute Gasteiger partial charge is 0.345 e. The van der Waals surface area contributed by atoms with Crippen LogP contribution in [0, 0.1) is 11.7 Å². The fourth-order valence-corrected chi connectivity index (χ4v) is 7.32. The molecule has 7 nitrogen and oxygen atoms in total. The van der Waals surface area contributed by atoms with Crippen LogP contribution in [-0.2, 0) is 6.54 Å². The Morgan fingerprint density at radius 1 is 0.761 bits per heavy atom. The number of likely N-dealkylation sites (tertiary alicyclic amines) is 1. The molecule has 0 bridgehead atoms. The molecule has 1 unspecified atom stereocenters. The highest BCUT2D eigenvalue weighted by Gasteiger charge is 2.35. The number of benzene rings is 3. The van der Waals surface area contributed by atoms with E-state index in [4.69, 9.17) is 0 Å². The standard InChI is InChI=1S/C38H44FN5O2/c39-30-11-9-10-29(26-30)36(28-16-17-28)40-37(45)35-32-14-5-6-15-33(32)38(46)44(31-12-3-1-4-13-31)34(35)27-43-24-22-42(23-25-43)21-20-41-18-7-2-8-19-41/h1,3-6,9-15,26,28,36H,2,7-8,16-25,27H2,(H,40,45). The van der Waals surface area contributed by atoms with Crippen molar-refractivity contribution in [3.63, 3.8) is 0 Å². The molecule has 3 heterocycles. The second kappa shape index (κ2) is 13.9. The lowest BCUT2D eigenvalue weighted by atomic mass is 9.98. The summed E-state index contributed by atoms with van der Waals surface area (Å²) in [5.74, 6) is -0.271. The van der Waals surface area contributed by atoms with Crippen molar-refractivity contribution in [1.29, 1.82) is 0 Å². The number of para-hydroxylation sites is 1. The van der Waals surface area contributed by atoms with Gasteiger partial charge in [-0.2, -0.15) is 0 Å². The Bertz CT molecular complexity index is 1720. The summed E-state index contributed by atoms with van der Waals surface area (Å²) in [5, 5.41) is 4.47. The van der Waals surface area contributed by atoms with Gasteiger partial charge < -0.3 is 10.2 Å². The van der Waals surface area contributed by atoms with Gasteiger partial charge in [-0.05, 0) is 80.6 Å². The van der Waals surface area contributed by atoms with Gasteiger partial charge in [0.1, 0.15) is 5.82 Å². The maximum atomic E-state index is 14.6. The molecule has 0 spiro atoms. The Balaban J connectivity index is 1.22. The second-order valence-corrected chi connectivity index (χ2v) is 13.2. The maximum absolute atomic E-state index is 14.6. The summed E-state index contributed by atoms with van der Waals surface area (Å²) < 4.78 is 16.0. The van der Waals surface area contributed by atoms with Gasteiger partial charge in [0.2, 0.25) is 0 Å². The van der Waals surface area contributed by atoms with Crippen LogP contribution in [0.4, 0.5) is 4.39 Å². The fraction of sp³-hybridized carbons (Fsp3) is 0.421. The van der Waals surface area contributed by atoms with Crippen molar-refractivity contribution in [2.75, 3.05) is 52.4 Å². The number of halogens is 1. The van der Waals surface area contributed by atoms with E-state index in [2.05, 4.69) is 20.0 Å². The Labute approximate surface area is 270 Å². The van der Waals surface area contributed by atoms with Crippen LogP contribution >= 0.6 is 0 Å². The average molecular weight is 622 g/mol. The molecular weight excluding hydrogens is 577 g/mol. The summed E-state index contributed by atoms with van der Waals surface area (Å²) in [7, 11) is 0. The number of rotatable bonds is 10. The molecule has 0 radical (unpaired) electrons. The van der Waals surface area contributed by atoms with Crippen LogP contribution in [-0.4, -0.2) is 77.5 Å². The molecule has 46 heavy (non-hydrogen) atoms. The number of carbonyl (C=O) groups is 1. The van der Waals surface area contributed by atoms with Crippen LogP contribution in [0.2, 0.25) is 0 Å². The number of hydrogen-bond donors (Lipinski definition) is 1. The summed E-state index contributed by atoms with van der Waals surface area (Å²) in [6.45, 7) is 8.76. The first-order valence-electron chi connectivity index (χ1n) is 17.0. The normalized spacial score (nSPS) is 18.9. The van der Waals surface area contributed by atoms with Gasteiger partial charge >= 0.3 is 0 Å². The number of amides is 1. The molecule has 2 aliphatic heterocycles. The number of piperidine rings is 1. The lowest BCUT2D eigenvalue weighted by Gasteiger charge is -2.37. The molecular formula is C38H44FN5O2. The number of nitrogens with one attached hydrogen (secondary N) is 1. The zero-order valence-corrected chi connectivity index (χ0v) is 26.5. The first kappa shape index (κ1) is 30.8. The van der Waals surface area contributed by atoms with Crippen molar-refractivity contribution in [2.24, 2.45) is 5.92 Å². The Kier molecular flexibility index (Phi) is 9.28. The second-order valence-electron chi connectivity index (χ2n) is 13.2. The van der Waals surface area contributed by atoms with Crippen molar-refractivity contribution >= 4 is 16.7 Å². The van der Waals surface area contributed by atoms with Gasteiger partial charge in [-0.1, -0.05) is 55.0 Å². The van der Waals surface area contributed by atoms with E-state index in [0.29, 0.717) is 28.6 Å². The Hall–Kier alpha value is -3.85. The predicted octanol–water partition coefficient (Wildman–Crippen LogP) is 5.61. The number of aromatic nitrogens is 1. The van der Waals surface area contributed by atoms with Gasteiger partial charge in [-0.3, -0.25) is 24.0 Å². The molecule has 7 rings (SSSR count). The minimum absolute atomic E-state index is 0.127. The van der Waals surface area contributed by atoms with E-state index < -0.39 is 0 Å². The monoisotopic (exact) mass is 621 g/mol. The highest BCUT2D eigenvalue weighted by molar-refractivity contribution is 6.08. The van der Waals surface area contributed by atoms with Crippen LogP contribution in [0.15, 0.2) is 83.7 Å². The molecule has 4 aromatic rings. The van der Waals surface area contributed by atoms with Crippen LogP contribution in [0.5, 0.6) is 0 Å². The van der Waals surface area contributed by atoms with E-state index in [1.54, 1.807) is 10.6 Å². The minimum atomic E-state index is -0.309. The van der Waals surface area contributed by atoms with Crippen LogP contribution < -0.4 is 10.9 Å². The third-order valence-electron chi connectivity index (χ3n) is 10.0. The number of nitrogens with zero attached hydrogens (tertiary/aromatic N) is 4. The number of fused-ring (bicyclic) bond motifs is 1. The number of carbonyl (C=O) groups excluding carboxylic acids is 1. The van der Waals surface area contributed by atoms with Gasteiger partial charge in [0, 0.05) is 62.3 Å². The zero-order chi connectivity index (χ0) is 31.5. The molecule has 3 aromatic carbocycles. The molecule has 1 aromatic heterocycles. The first-order chi connectivity index (χ1) is 22.5. The number of hydrogen-bond acceptors (Lipinski definition) is 5. The van der Waals surface area contributed by atoms with Crippen molar-refractivity contribution < 1.29 is 9.18 Å². The van der Waals surface area contributed by atoms with E-state index in [1.165, 1.54) is 44.5 Å². The smallest absolute Gasteiger partial charge is 0.263 e. The quantitative estimate of drug-likeness (QED) is 0.249. The molecule has 1 saturated carbocycles. The third-order valence-corrected chi connectivity index (χ3v) is 10.0. The van der Waals surface area contributed by atoms with Gasteiger partial charge in [-0.25, -0.2) is 4.39 Å². The van der Waals surface area contributed by atoms with Gasteiger partial charge in [0.15, 0.2) is 0 Å². The zero-order valence-electron chi connectivity index (χ0n) is 26.5. The lowest BCUT2D eigenvalue weighted by Crippen LogP contribution is -2.49. The van der Waals surface area contributed by atoms with E-state index in [1.807, 2.05) is 60.7 Å². The topological polar surface area (TPSA) is 60.8 Å². The number of pyridine rings is 1. The maximum Gasteiger partial charge on any atom is 0.263 e. The molecule has 1 atom stereocenters. The highest BCUT2D eigenvalue weighted by Crippen LogP contribution is 2.41. The summed E-state index contributed by atoms with van der Waals surface area (Å²) >= 11 is 0. The fourth-order valence-electron chi connectivity index (χ4n) is 7.32. The SMILES string of the molecule is O=C(NC(c1cccc(F)c1)C1CC1)c1c(CN2CCN(CCN3CCCCC3)CC2)n(-c2ccccc2)c(=O)c2ccccc12. The van der Waals surface area contributed by atoms with Crippen LogP contribution in [0.25, 0.3) is 16.5 Å². The predicted molar refractivity (Wildman–Crippen MR) is 181 cm³/mol. The van der Waals surface area contributed by atoms with Crippen LogP contribution in [0.1, 0.15) is 59.8 Å². The summed E-state index contributed by atoms with van der Waals surface area (Å²) in [4.78, 5) is 36.3. The third kappa shape index (κ3) is 6.80. The van der Waals surface area contributed by atoms with E-state index in [-0.39, 0.29) is 29.2 Å². The van der Waals surface area contributed by atoms with Gasteiger partial charge in [-0.15, -0.1) is 0 Å². The summed E-state index contributed by atoms with van der Waals surface area (Å²) in [5.41, 5.74) is 2.61. The molecule has 1 amide bonds. The summed E-state index contributed by atoms with van der Waals surface area (Å²) in [6.07, 6.45) is 5.94. The van der Waals surface area contributed by atoms with Crippen molar-refractivity contribution in [1.82, 2.24) is 24.6 Å². The molecule has 3 fully saturated rings.